The number of hydrogen-bond acceptors (Lipinski definition) is 5. The van der Waals surface area contributed by atoms with Crippen molar-refractivity contribution in [2.75, 3.05) is 7.05 Å². The van der Waals surface area contributed by atoms with Crippen LogP contribution in [-0.4, -0.2) is 36.9 Å². The number of carbonyl (C=O) groups excluding carboxylic acids is 2. The Hall–Kier alpha value is -1.98. The van der Waals surface area contributed by atoms with Crippen molar-refractivity contribution in [1.29, 1.82) is 0 Å². The molecule has 1 amide bonds. The molecule has 0 aromatic rings. The third-order valence-corrected chi connectivity index (χ3v) is 5.33. The number of allylic oxidation sites excluding steroid dienone is 2. The quantitative estimate of drug-likeness (QED) is 0.493. The third-order valence-electron chi connectivity index (χ3n) is 5.33. The minimum Gasteiger partial charge on any atom is -0.460 e. The van der Waals surface area contributed by atoms with Gasteiger partial charge in [-0.25, -0.2) is 4.79 Å². The van der Waals surface area contributed by atoms with E-state index in [1.807, 2.05) is 40.1 Å². The topological polar surface area (TPSA) is 76.7 Å². The van der Waals surface area contributed by atoms with Crippen LogP contribution in [0, 0.1) is 11.3 Å². The summed E-state index contributed by atoms with van der Waals surface area (Å²) in [6.45, 7) is 15.8. The fourth-order valence-corrected chi connectivity index (χ4v) is 3.34. The molecule has 1 saturated heterocycles. The summed E-state index contributed by atoms with van der Waals surface area (Å²) < 4.78 is 10.8. The molecule has 0 radical (unpaired) electrons. The molecule has 27 heavy (non-hydrogen) atoms. The lowest BCUT2D eigenvalue weighted by Crippen LogP contribution is -2.47. The molecule has 0 spiro atoms. The molecule has 2 N–H and O–H groups in total. The fraction of sp³-hybridized carbons (Fsp3) is 0.714. The first-order valence-electron chi connectivity index (χ1n) is 9.60. The highest BCUT2D eigenvalue weighted by Gasteiger charge is 2.38. The molecule has 1 aliphatic rings. The van der Waals surface area contributed by atoms with Crippen LogP contribution >= 0.6 is 0 Å². The molecule has 0 aliphatic carbocycles. The van der Waals surface area contributed by atoms with E-state index in [0.29, 0.717) is 19.3 Å². The van der Waals surface area contributed by atoms with Gasteiger partial charge in [-0.3, -0.25) is 4.79 Å². The maximum absolute atomic E-state index is 12.3. The highest BCUT2D eigenvalue weighted by atomic mass is 16.6. The molecule has 4 atom stereocenters. The van der Waals surface area contributed by atoms with Crippen molar-refractivity contribution in [3.8, 4) is 0 Å². The molecule has 1 aliphatic heterocycles. The zero-order valence-electron chi connectivity index (χ0n) is 17.8. The van der Waals surface area contributed by atoms with Gasteiger partial charge < -0.3 is 20.1 Å². The lowest BCUT2D eigenvalue weighted by molar-refractivity contribution is -0.142. The summed E-state index contributed by atoms with van der Waals surface area (Å²) in [4.78, 5) is 23.9. The van der Waals surface area contributed by atoms with Crippen molar-refractivity contribution in [3.63, 3.8) is 0 Å². The van der Waals surface area contributed by atoms with Gasteiger partial charge in [-0.2, -0.15) is 0 Å². The Labute approximate surface area is 163 Å². The predicted molar refractivity (Wildman–Crippen MR) is 107 cm³/mol. The van der Waals surface area contributed by atoms with Crippen LogP contribution in [0.4, 0.5) is 4.79 Å². The molecule has 6 nitrogen and oxygen atoms in total. The van der Waals surface area contributed by atoms with E-state index < -0.39 is 11.7 Å². The molecule has 0 aromatic heterocycles. The fourth-order valence-electron chi connectivity index (χ4n) is 3.34. The number of rotatable bonds is 8. The largest absolute Gasteiger partial charge is 0.460 e. The van der Waals surface area contributed by atoms with Crippen LogP contribution in [0.3, 0.4) is 0 Å². The minimum atomic E-state index is -0.589. The summed E-state index contributed by atoms with van der Waals surface area (Å²) in [5, 5.41) is 5.99. The van der Waals surface area contributed by atoms with Gasteiger partial charge in [0.05, 0.1) is 6.04 Å². The number of ether oxygens (including phenoxy) is 2. The van der Waals surface area contributed by atoms with Crippen molar-refractivity contribution < 1.29 is 19.1 Å². The van der Waals surface area contributed by atoms with E-state index in [1.54, 1.807) is 0 Å². The monoisotopic (exact) mass is 380 g/mol. The van der Waals surface area contributed by atoms with Gasteiger partial charge in [0, 0.05) is 18.9 Å². The van der Waals surface area contributed by atoms with Gasteiger partial charge in [0.15, 0.2) is 0 Å². The number of carbonyl (C=O) groups is 2. The zero-order valence-corrected chi connectivity index (χ0v) is 17.8. The van der Waals surface area contributed by atoms with Crippen molar-refractivity contribution >= 4 is 12.1 Å². The van der Waals surface area contributed by atoms with Crippen molar-refractivity contribution in [3.05, 3.63) is 24.4 Å². The van der Waals surface area contributed by atoms with Crippen LogP contribution in [0.25, 0.3) is 0 Å². The zero-order chi connectivity index (χ0) is 20.8. The molecule has 0 aromatic carbocycles. The van der Waals surface area contributed by atoms with E-state index in [0.717, 1.165) is 5.57 Å². The second kappa shape index (κ2) is 9.29. The normalized spacial score (nSPS) is 22.3. The SMILES string of the molecule is C=C[C@](C)(/C(C)=C/NC)[C@H](C)C[C@H](NC(=O)OC(C)(C)C)[C@@H]1CCC(=O)O1. The average Bonchev–Trinajstić information content (AvgIpc) is 2.98. The van der Waals surface area contributed by atoms with E-state index in [9.17, 15) is 9.59 Å². The third kappa shape index (κ3) is 6.60. The summed E-state index contributed by atoms with van der Waals surface area (Å²) in [7, 11) is 1.86. The molecule has 1 rings (SSSR count). The Morgan fingerprint density at radius 3 is 2.48 bits per heavy atom. The molecule has 1 heterocycles. The Morgan fingerprint density at radius 2 is 2.04 bits per heavy atom. The predicted octanol–water partition coefficient (Wildman–Crippen LogP) is 3.93. The van der Waals surface area contributed by atoms with E-state index in [-0.39, 0.29) is 29.4 Å². The number of amides is 1. The maximum atomic E-state index is 12.3. The van der Waals surface area contributed by atoms with E-state index in [2.05, 4.69) is 38.0 Å². The highest BCUT2D eigenvalue weighted by Crippen LogP contribution is 2.39. The van der Waals surface area contributed by atoms with Crippen molar-refractivity contribution in [2.24, 2.45) is 11.3 Å². The van der Waals surface area contributed by atoms with Gasteiger partial charge in [-0.15, -0.1) is 6.58 Å². The summed E-state index contributed by atoms with van der Waals surface area (Å²) in [5.41, 5.74) is 0.292. The lowest BCUT2D eigenvalue weighted by atomic mass is 9.70. The lowest BCUT2D eigenvalue weighted by Gasteiger charge is -2.37. The first kappa shape index (κ1) is 23.1. The molecule has 0 bridgehead atoms. The van der Waals surface area contributed by atoms with Crippen LogP contribution < -0.4 is 10.6 Å². The van der Waals surface area contributed by atoms with Gasteiger partial charge in [0.2, 0.25) is 0 Å². The van der Waals surface area contributed by atoms with Crippen molar-refractivity contribution in [2.45, 2.75) is 78.6 Å². The smallest absolute Gasteiger partial charge is 0.408 e. The Kier molecular flexibility index (Phi) is 7.93. The molecule has 0 saturated carbocycles. The van der Waals surface area contributed by atoms with Gasteiger partial charge in [0.1, 0.15) is 11.7 Å². The first-order chi connectivity index (χ1) is 12.4. The summed E-state index contributed by atoms with van der Waals surface area (Å²) in [5.74, 6) is -0.0692. The summed E-state index contributed by atoms with van der Waals surface area (Å²) >= 11 is 0. The molecular weight excluding hydrogens is 344 g/mol. The van der Waals surface area contributed by atoms with Crippen LogP contribution in [0.2, 0.25) is 0 Å². The maximum Gasteiger partial charge on any atom is 0.408 e. The first-order valence-corrected chi connectivity index (χ1v) is 9.60. The van der Waals surface area contributed by atoms with Gasteiger partial charge in [-0.05, 0) is 58.2 Å². The van der Waals surface area contributed by atoms with Gasteiger partial charge >= 0.3 is 12.1 Å². The highest BCUT2D eigenvalue weighted by molar-refractivity contribution is 5.72. The molecule has 6 heteroatoms. The molecule has 154 valence electrons. The molecule has 0 unspecified atom stereocenters. The van der Waals surface area contributed by atoms with E-state index in [1.165, 1.54) is 0 Å². The van der Waals surface area contributed by atoms with Crippen molar-refractivity contribution in [1.82, 2.24) is 10.6 Å². The Bertz CT molecular complexity index is 579. The number of nitrogens with one attached hydrogen (secondary N) is 2. The average molecular weight is 381 g/mol. The number of alkyl carbamates (subject to hydrolysis) is 1. The second-order valence-electron chi connectivity index (χ2n) is 8.56. The standard InChI is InChI=1S/C21H36N2O4/c1-9-21(7,15(3)13-22-8)14(2)12-16(17-10-11-18(24)26-17)23-19(25)27-20(4,5)6/h9,13-14,16-17,22H,1,10-12H2,2-8H3,(H,23,25)/b15-13+/t14-,16+,17+,21+/m1/s1. The summed E-state index contributed by atoms with van der Waals surface area (Å²) in [6, 6.07) is -0.317. The summed E-state index contributed by atoms with van der Waals surface area (Å²) in [6.07, 6.45) is 4.68. The molecule has 1 fully saturated rings. The Balaban J connectivity index is 2.98. The van der Waals surface area contributed by atoms with Crippen LogP contribution in [0.15, 0.2) is 24.4 Å². The van der Waals surface area contributed by atoms with Gasteiger partial charge in [-0.1, -0.05) is 19.9 Å². The number of esters is 1. The van der Waals surface area contributed by atoms with Gasteiger partial charge in [0.25, 0.3) is 0 Å². The van der Waals surface area contributed by atoms with Crippen LogP contribution in [0.5, 0.6) is 0 Å². The molecular formula is C21H36N2O4. The van der Waals surface area contributed by atoms with Crippen LogP contribution in [-0.2, 0) is 14.3 Å². The minimum absolute atomic E-state index is 0.152. The Morgan fingerprint density at radius 1 is 1.41 bits per heavy atom. The second-order valence-corrected chi connectivity index (χ2v) is 8.56. The number of cyclic esters (lactones) is 1. The van der Waals surface area contributed by atoms with E-state index >= 15 is 0 Å². The van der Waals surface area contributed by atoms with Crippen LogP contribution in [0.1, 0.15) is 60.8 Å². The van der Waals surface area contributed by atoms with E-state index in [4.69, 9.17) is 9.47 Å². The number of hydrogen-bond donors (Lipinski definition) is 2.